The van der Waals surface area contributed by atoms with Gasteiger partial charge in [-0.1, -0.05) is 0 Å². The number of alkyl halides is 11. The first kappa shape index (κ1) is 19.2. The van der Waals surface area contributed by atoms with Crippen molar-refractivity contribution in [2.24, 2.45) is 0 Å². The van der Waals surface area contributed by atoms with E-state index in [1.54, 1.807) is 0 Å². The van der Waals surface area contributed by atoms with E-state index in [0.29, 0.717) is 7.11 Å². The van der Waals surface area contributed by atoms with Crippen LogP contribution in [0.2, 0.25) is 0 Å². The Morgan fingerprint density at radius 1 is 0.700 bits per heavy atom. The van der Waals surface area contributed by atoms with Crippen molar-refractivity contribution in [1.29, 1.82) is 0 Å². The van der Waals surface area contributed by atoms with Crippen LogP contribution >= 0.6 is 0 Å². The molecule has 0 fully saturated rings. The molecule has 12 heteroatoms. The van der Waals surface area contributed by atoms with Gasteiger partial charge in [0, 0.05) is 13.5 Å². The zero-order valence-corrected chi connectivity index (χ0v) is 9.48. The Hall–Kier alpha value is -0.810. The van der Waals surface area contributed by atoms with Crippen LogP contribution in [-0.4, -0.2) is 43.6 Å². The number of methoxy groups -OCH3 is 1. The number of rotatable bonds is 5. The lowest BCUT2D eigenvalue weighted by atomic mass is 9.89. The van der Waals surface area contributed by atoms with Gasteiger partial charge in [0.25, 0.3) is 0 Å². The van der Waals surface area contributed by atoms with Crippen LogP contribution in [0.15, 0.2) is 0 Å². The van der Waals surface area contributed by atoms with Crippen molar-refractivity contribution >= 4 is 0 Å². The molecule has 0 saturated heterocycles. The number of hydrogen-bond acceptors (Lipinski definition) is 1. The Labute approximate surface area is 104 Å². The smallest absolute Gasteiger partial charge is 0.384 e. The van der Waals surface area contributed by atoms with Gasteiger partial charge in [0.2, 0.25) is 0 Å². The van der Waals surface area contributed by atoms with E-state index in [2.05, 4.69) is 4.74 Å². The third-order valence-corrected chi connectivity index (χ3v) is 2.29. The summed E-state index contributed by atoms with van der Waals surface area (Å²) < 4.78 is 141. The van der Waals surface area contributed by atoms with Crippen molar-refractivity contribution in [3.63, 3.8) is 0 Å². The van der Waals surface area contributed by atoms with Gasteiger partial charge < -0.3 is 4.74 Å². The molecule has 0 aromatic carbocycles. The van der Waals surface area contributed by atoms with E-state index in [1.165, 1.54) is 0 Å². The molecule has 0 saturated carbocycles. The Morgan fingerprint density at radius 2 is 1.05 bits per heavy atom. The van der Waals surface area contributed by atoms with Gasteiger partial charge >= 0.3 is 29.9 Å². The second kappa shape index (κ2) is 5.19. The molecule has 0 aliphatic heterocycles. The minimum atomic E-state index is -7.38. The van der Waals surface area contributed by atoms with Crippen LogP contribution in [0, 0.1) is 0 Å². The SMILES string of the molecule is COCCC(F)(F)C(F)(F)C(F)(C(F)(F)F)C(F)(F)F. The zero-order chi connectivity index (χ0) is 16.6. The number of ether oxygens (including phenoxy) is 1. The van der Waals surface area contributed by atoms with E-state index >= 15 is 0 Å². The molecule has 0 atom stereocenters. The summed E-state index contributed by atoms with van der Waals surface area (Å²) >= 11 is 0. The van der Waals surface area contributed by atoms with Gasteiger partial charge in [-0.05, 0) is 0 Å². The van der Waals surface area contributed by atoms with Gasteiger partial charge in [-0.15, -0.1) is 0 Å². The highest BCUT2D eigenvalue weighted by Crippen LogP contribution is 2.59. The van der Waals surface area contributed by atoms with Crippen LogP contribution in [0.5, 0.6) is 0 Å². The maximum atomic E-state index is 13.0. The zero-order valence-electron chi connectivity index (χ0n) is 9.48. The highest BCUT2D eigenvalue weighted by Gasteiger charge is 2.89. The van der Waals surface area contributed by atoms with E-state index in [9.17, 15) is 48.3 Å². The Morgan fingerprint density at radius 3 is 1.30 bits per heavy atom. The number of halogens is 11. The van der Waals surface area contributed by atoms with Crippen LogP contribution in [-0.2, 0) is 4.74 Å². The molecule has 0 aromatic rings. The topological polar surface area (TPSA) is 9.23 Å². The normalized spacial score (nSPS) is 15.6. The van der Waals surface area contributed by atoms with Gasteiger partial charge in [-0.25, -0.2) is 4.39 Å². The molecule has 122 valence electrons. The largest absolute Gasteiger partial charge is 0.438 e. The molecule has 0 aliphatic rings. The third kappa shape index (κ3) is 2.79. The lowest BCUT2D eigenvalue weighted by molar-refractivity contribution is -0.427. The van der Waals surface area contributed by atoms with E-state index < -0.39 is 42.9 Å². The maximum Gasteiger partial charge on any atom is 0.438 e. The van der Waals surface area contributed by atoms with Crippen LogP contribution in [0.3, 0.4) is 0 Å². The van der Waals surface area contributed by atoms with Gasteiger partial charge in [0.15, 0.2) is 0 Å². The summed E-state index contributed by atoms with van der Waals surface area (Å²) in [6, 6.07) is 0. The Bertz CT molecular complexity index is 314. The molecule has 0 spiro atoms. The van der Waals surface area contributed by atoms with Crippen molar-refractivity contribution in [2.75, 3.05) is 13.7 Å². The highest BCUT2D eigenvalue weighted by atomic mass is 19.4. The molecule has 0 radical (unpaired) electrons. The van der Waals surface area contributed by atoms with Crippen molar-refractivity contribution in [3.05, 3.63) is 0 Å². The highest BCUT2D eigenvalue weighted by molar-refractivity contribution is 5.10. The average Bonchev–Trinajstić information content (AvgIpc) is 2.21. The Kier molecular flexibility index (Phi) is 4.98. The van der Waals surface area contributed by atoms with Crippen molar-refractivity contribution in [1.82, 2.24) is 0 Å². The molecule has 1 nitrogen and oxygen atoms in total. The first-order chi connectivity index (χ1) is 8.56. The summed E-state index contributed by atoms with van der Waals surface area (Å²) in [5.41, 5.74) is -7.38. The van der Waals surface area contributed by atoms with Gasteiger partial charge in [0.1, 0.15) is 0 Å². The van der Waals surface area contributed by atoms with Crippen molar-refractivity contribution in [2.45, 2.75) is 36.3 Å². The van der Waals surface area contributed by atoms with Gasteiger partial charge in [-0.2, -0.15) is 43.9 Å². The van der Waals surface area contributed by atoms with E-state index in [-0.39, 0.29) is 0 Å². The molecule has 20 heavy (non-hydrogen) atoms. The van der Waals surface area contributed by atoms with E-state index in [0.717, 1.165) is 0 Å². The third-order valence-electron chi connectivity index (χ3n) is 2.29. The van der Waals surface area contributed by atoms with E-state index in [1.807, 2.05) is 0 Å². The van der Waals surface area contributed by atoms with E-state index in [4.69, 9.17) is 0 Å². The second-order valence-electron chi connectivity index (χ2n) is 3.68. The Balaban J connectivity index is 5.94. The molecule has 0 heterocycles. The molecular formula is C8H7F11O. The monoisotopic (exact) mass is 328 g/mol. The first-order valence-electron chi connectivity index (χ1n) is 4.63. The second-order valence-corrected chi connectivity index (χ2v) is 3.68. The molecule has 0 rings (SSSR count). The summed E-state index contributed by atoms with van der Waals surface area (Å²) in [6.07, 6.45) is -16.8. The molecule has 0 aromatic heterocycles. The van der Waals surface area contributed by atoms with Crippen LogP contribution in [0.4, 0.5) is 48.3 Å². The summed E-state index contributed by atoms with van der Waals surface area (Å²) in [7, 11) is 0.685. The van der Waals surface area contributed by atoms with Gasteiger partial charge in [0.05, 0.1) is 6.61 Å². The summed E-state index contributed by atoms with van der Waals surface area (Å²) in [6.45, 7) is -1.30. The first-order valence-corrected chi connectivity index (χ1v) is 4.63. The fourth-order valence-corrected chi connectivity index (χ4v) is 1.16. The standard InChI is InChI=1S/C8H7F11O/c1-20-3-2-4(9,10)6(12,13)5(11,7(14,15)16)8(17,18)19/h2-3H2,1H3. The predicted molar refractivity (Wildman–Crippen MR) is 42.3 cm³/mol. The summed E-state index contributed by atoms with van der Waals surface area (Å²) in [5.74, 6) is -13.0. The predicted octanol–water partition coefficient (Wildman–Crippen LogP) is 4.13. The molecule has 0 bridgehead atoms. The molecule has 0 amide bonds. The minimum absolute atomic E-state index is 0.685. The molecule has 0 aliphatic carbocycles. The summed E-state index contributed by atoms with van der Waals surface area (Å²) in [5, 5.41) is 0. The van der Waals surface area contributed by atoms with Crippen molar-refractivity contribution in [3.8, 4) is 0 Å². The van der Waals surface area contributed by atoms with Crippen LogP contribution in [0.25, 0.3) is 0 Å². The molecule has 0 unspecified atom stereocenters. The van der Waals surface area contributed by atoms with Gasteiger partial charge in [-0.3, -0.25) is 0 Å². The van der Waals surface area contributed by atoms with Crippen molar-refractivity contribution < 1.29 is 53.0 Å². The van der Waals surface area contributed by atoms with Crippen LogP contribution in [0.1, 0.15) is 6.42 Å². The molecular weight excluding hydrogens is 321 g/mol. The summed E-state index contributed by atoms with van der Waals surface area (Å²) in [4.78, 5) is 0. The fraction of sp³-hybridized carbons (Fsp3) is 1.00. The number of hydrogen-bond donors (Lipinski definition) is 0. The lowest BCUT2D eigenvalue weighted by Crippen LogP contribution is -2.70. The molecule has 0 N–H and O–H groups in total. The fourth-order valence-electron chi connectivity index (χ4n) is 1.16. The van der Waals surface area contributed by atoms with Crippen LogP contribution < -0.4 is 0 Å². The average molecular weight is 328 g/mol. The maximum absolute atomic E-state index is 13.0. The minimum Gasteiger partial charge on any atom is -0.384 e. The lowest BCUT2D eigenvalue weighted by Gasteiger charge is -2.39. The quantitative estimate of drug-likeness (QED) is 0.690.